The molecule has 0 spiro atoms. The van der Waals surface area contributed by atoms with Crippen LogP contribution in [0.5, 0.6) is 0 Å². The fraction of sp³-hybridized carbons (Fsp3) is 0.562. The predicted octanol–water partition coefficient (Wildman–Crippen LogP) is 1.66. The van der Waals surface area contributed by atoms with E-state index in [-0.39, 0.29) is 5.54 Å². The Morgan fingerprint density at radius 3 is 2.29 bits per heavy atom. The van der Waals surface area contributed by atoms with Gasteiger partial charge in [-0.15, -0.1) is 0 Å². The fourth-order valence-electron chi connectivity index (χ4n) is 2.77. The monoisotopic (exact) mass is 292 g/mol. The Labute approximate surface area is 125 Å². The van der Waals surface area contributed by atoms with Crippen LogP contribution in [0.4, 0.5) is 4.79 Å². The highest BCUT2D eigenvalue weighted by Crippen LogP contribution is 2.23. The lowest BCUT2D eigenvalue weighted by Crippen LogP contribution is -2.60. The second-order valence-electron chi connectivity index (χ2n) is 6.12. The number of hydrogen-bond acceptors (Lipinski definition) is 3. The van der Waals surface area contributed by atoms with Crippen LogP contribution in [-0.2, 0) is 6.42 Å². The molecule has 116 valence electrons. The summed E-state index contributed by atoms with van der Waals surface area (Å²) in [7, 11) is 0. The van der Waals surface area contributed by atoms with Gasteiger partial charge in [0.2, 0.25) is 0 Å². The molecule has 1 atom stereocenters. The molecule has 2 rings (SSSR count). The minimum absolute atomic E-state index is 0.375. The van der Waals surface area contributed by atoms with Crippen LogP contribution >= 0.6 is 0 Å². The maximum atomic E-state index is 10.9. The maximum Gasteiger partial charge on any atom is 0.407 e. The zero-order chi connectivity index (χ0) is 15.5. The van der Waals surface area contributed by atoms with Crippen LogP contribution in [0.1, 0.15) is 19.4 Å². The molecule has 0 bridgehead atoms. The van der Waals surface area contributed by atoms with Gasteiger partial charge in [-0.2, -0.15) is 0 Å². The van der Waals surface area contributed by atoms with E-state index in [4.69, 9.17) is 5.11 Å². The lowest BCUT2D eigenvalue weighted by atomic mass is 9.89. The number of aliphatic hydroxyl groups is 1. The molecule has 5 nitrogen and oxygen atoms in total. The predicted molar refractivity (Wildman–Crippen MR) is 81.4 cm³/mol. The van der Waals surface area contributed by atoms with E-state index < -0.39 is 12.2 Å². The van der Waals surface area contributed by atoms with E-state index in [0.717, 1.165) is 5.56 Å². The van der Waals surface area contributed by atoms with Crippen LogP contribution in [0.2, 0.25) is 0 Å². The number of piperazine rings is 1. The van der Waals surface area contributed by atoms with Crippen molar-refractivity contribution in [2.75, 3.05) is 26.2 Å². The Bertz CT molecular complexity index is 468. The summed E-state index contributed by atoms with van der Waals surface area (Å²) in [5.41, 5.74) is 0.739. The van der Waals surface area contributed by atoms with E-state index in [2.05, 4.69) is 4.90 Å². The highest BCUT2D eigenvalue weighted by Gasteiger charge is 2.36. The van der Waals surface area contributed by atoms with Gasteiger partial charge < -0.3 is 15.1 Å². The van der Waals surface area contributed by atoms with Crippen LogP contribution in [-0.4, -0.2) is 63.9 Å². The molecule has 0 radical (unpaired) electrons. The van der Waals surface area contributed by atoms with Crippen molar-refractivity contribution < 1.29 is 15.0 Å². The van der Waals surface area contributed by atoms with Gasteiger partial charge in [0, 0.05) is 38.1 Å². The van der Waals surface area contributed by atoms with Gasteiger partial charge in [-0.25, -0.2) is 4.79 Å². The number of aliphatic hydroxyl groups excluding tert-OH is 1. The van der Waals surface area contributed by atoms with Crippen molar-refractivity contribution in [3.8, 4) is 0 Å². The normalized spacial score (nSPS) is 18.5. The molecule has 1 aliphatic heterocycles. The minimum Gasteiger partial charge on any atom is -0.465 e. The molecule has 1 saturated heterocycles. The SMILES string of the molecule is CC(C)(C(O)Cc1ccccc1)N1CCN(C(=O)O)CC1. The molecule has 1 aromatic rings. The molecule has 1 fully saturated rings. The quantitative estimate of drug-likeness (QED) is 0.886. The van der Waals surface area contributed by atoms with Crippen molar-refractivity contribution in [3.05, 3.63) is 35.9 Å². The molecule has 0 aromatic heterocycles. The Hall–Kier alpha value is -1.59. The summed E-state index contributed by atoms with van der Waals surface area (Å²) in [4.78, 5) is 14.6. The lowest BCUT2D eigenvalue weighted by molar-refractivity contribution is -0.0298. The van der Waals surface area contributed by atoms with Gasteiger partial charge in [-0.1, -0.05) is 30.3 Å². The van der Waals surface area contributed by atoms with E-state index in [9.17, 15) is 9.90 Å². The van der Waals surface area contributed by atoms with Crippen molar-refractivity contribution in [3.63, 3.8) is 0 Å². The third-order valence-electron chi connectivity index (χ3n) is 4.45. The highest BCUT2D eigenvalue weighted by molar-refractivity contribution is 5.65. The summed E-state index contributed by atoms with van der Waals surface area (Å²) >= 11 is 0. The van der Waals surface area contributed by atoms with Gasteiger partial charge in [0.05, 0.1) is 6.10 Å². The molecular weight excluding hydrogens is 268 g/mol. The van der Waals surface area contributed by atoms with Gasteiger partial charge >= 0.3 is 6.09 Å². The third-order valence-corrected chi connectivity index (χ3v) is 4.45. The largest absolute Gasteiger partial charge is 0.465 e. The number of rotatable bonds is 4. The van der Waals surface area contributed by atoms with Crippen molar-refractivity contribution in [2.45, 2.75) is 31.9 Å². The number of carboxylic acid groups (broad SMARTS) is 1. The summed E-state index contributed by atoms with van der Waals surface area (Å²) in [6.45, 7) is 6.36. The molecule has 1 heterocycles. The lowest BCUT2D eigenvalue weighted by Gasteiger charge is -2.45. The van der Waals surface area contributed by atoms with Gasteiger partial charge in [0.1, 0.15) is 0 Å². The fourth-order valence-corrected chi connectivity index (χ4v) is 2.77. The van der Waals surface area contributed by atoms with Crippen LogP contribution < -0.4 is 0 Å². The smallest absolute Gasteiger partial charge is 0.407 e. The Kier molecular flexibility index (Phi) is 4.85. The standard InChI is InChI=1S/C16H24N2O3/c1-16(2,14(19)12-13-6-4-3-5-7-13)18-10-8-17(9-11-18)15(20)21/h3-7,14,19H,8-12H2,1-2H3,(H,20,21). The van der Waals surface area contributed by atoms with Gasteiger partial charge in [-0.05, 0) is 19.4 Å². The molecule has 21 heavy (non-hydrogen) atoms. The summed E-state index contributed by atoms with van der Waals surface area (Å²) in [6, 6.07) is 9.94. The average Bonchev–Trinajstić information content (AvgIpc) is 2.48. The van der Waals surface area contributed by atoms with Crippen LogP contribution in [0.15, 0.2) is 30.3 Å². The van der Waals surface area contributed by atoms with Gasteiger partial charge in [-0.3, -0.25) is 4.90 Å². The van der Waals surface area contributed by atoms with Crippen LogP contribution in [0, 0.1) is 0 Å². The van der Waals surface area contributed by atoms with E-state index in [1.807, 2.05) is 44.2 Å². The van der Waals surface area contributed by atoms with E-state index in [1.54, 1.807) is 0 Å². The van der Waals surface area contributed by atoms with E-state index >= 15 is 0 Å². The number of benzene rings is 1. The molecule has 1 amide bonds. The molecule has 0 saturated carbocycles. The van der Waals surface area contributed by atoms with Gasteiger partial charge in [0.15, 0.2) is 0 Å². The first kappa shape index (κ1) is 15.8. The molecular formula is C16H24N2O3. The molecule has 1 aromatic carbocycles. The second-order valence-corrected chi connectivity index (χ2v) is 6.12. The topological polar surface area (TPSA) is 64.0 Å². The second kappa shape index (κ2) is 6.45. The summed E-state index contributed by atoms with van der Waals surface area (Å²) in [5.74, 6) is 0. The molecule has 0 aliphatic carbocycles. The van der Waals surface area contributed by atoms with Gasteiger partial charge in [0.25, 0.3) is 0 Å². The number of hydrogen-bond donors (Lipinski definition) is 2. The first-order chi connectivity index (χ1) is 9.91. The number of amides is 1. The summed E-state index contributed by atoms with van der Waals surface area (Å²) in [5, 5.41) is 19.6. The van der Waals surface area contributed by atoms with Crippen molar-refractivity contribution in [2.24, 2.45) is 0 Å². The van der Waals surface area contributed by atoms with E-state index in [0.29, 0.717) is 32.6 Å². The number of nitrogens with zero attached hydrogens (tertiary/aromatic N) is 2. The first-order valence-corrected chi connectivity index (χ1v) is 7.36. The van der Waals surface area contributed by atoms with Crippen LogP contribution in [0.3, 0.4) is 0 Å². The third kappa shape index (κ3) is 3.74. The van der Waals surface area contributed by atoms with Crippen molar-refractivity contribution in [1.29, 1.82) is 0 Å². The minimum atomic E-state index is -0.864. The molecule has 1 unspecified atom stereocenters. The Balaban J connectivity index is 1.96. The Morgan fingerprint density at radius 2 is 1.76 bits per heavy atom. The number of carbonyl (C=O) groups is 1. The van der Waals surface area contributed by atoms with Crippen LogP contribution in [0.25, 0.3) is 0 Å². The molecule has 5 heteroatoms. The molecule has 2 N–H and O–H groups in total. The highest BCUT2D eigenvalue weighted by atomic mass is 16.4. The average molecular weight is 292 g/mol. The maximum absolute atomic E-state index is 10.9. The summed E-state index contributed by atoms with van der Waals surface area (Å²) in [6.07, 6.45) is -0.749. The zero-order valence-electron chi connectivity index (χ0n) is 12.7. The first-order valence-electron chi connectivity index (χ1n) is 7.36. The summed E-state index contributed by atoms with van der Waals surface area (Å²) < 4.78 is 0. The van der Waals surface area contributed by atoms with E-state index in [1.165, 1.54) is 4.90 Å². The molecule has 1 aliphatic rings. The van der Waals surface area contributed by atoms with Crippen molar-refractivity contribution in [1.82, 2.24) is 9.80 Å². The zero-order valence-corrected chi connectivity index (χ0v) is 12.7. The van der Waals surface area contributed by atoms with Crippen molar-refractivity contribution >= 4 is 6.09 Å². The Morgan fingerprint density at radius 1 is 1.19 bits per heavy atom.